The lowest BCUT2D eigenvalue weighted by Gasteiger charge is -2.12. The smallest absolute Gasteiger partial charge is 0.118 e. The van der Waals surface area contributed by atoms with E-state index >= 15 is 0 Å². The van der Waals surface area contributed by atoms with Crippen LogP contribution in [0.1, 0.15) is 12.5 Å². The Morgan fingerprint density at radius 1 is 1.29 bits per heavy atom. The average Bonchev–Trinajstić information content (AvgIpc) is 2.43. The number of hydrogen-bond acceptors (Lipinski definition) is 3. The van der Waals surface area contributed by atoms with Crippen LogP contribution < -0.4 is 11.2 Å². The second-order valence-corrected chi connectivity index (χ2v) is 3.57. The van der Waals surface area contributed by atoms with Crippen molar-refractivity contribution in [2.45, 2.75) is 13.0 Å². The summed E-state index contributed by atoms with van der Waals surface area (Å²) < 4.78 is 0. The SMILES string of the molecule is CC1NN(C)C(N)=C1c1ccccc1. The van der Waals surface area contributed by atoms with Gasteiger partial charge < -0.3 is 5.73 Å². The second-order valence-electron chi connectivity index (χ2n) is 3.57. The molecule has 74 valence electrons. The van der Waals surface area contributed by atoms with Crippen molar-refractivity contribution < 1.29 is 0 Å². The fraction of sp³-hybridized carbons (Fsp3) is 0.273. The van der Waals surface area contributed by atoms with Crippen molar-refractivity contribution in [3.8, 4) is 0 Å². The van der Waals surface area contributed by atoms with Gasteiger partial charge in [-0.25, -0.2) is 5.43 Å². The Kier molecular flexibility index (Phi) is 2.17. The third-order valence-electron chi connectivity index (χ3n) is 2.54. The number of nitrogens with zero attached hydrogens (tertiary/aromatic N) is 1. The van der Waals surface area contributed by atoms with Gasteiger partial charge in [-0.2, -0.15) is 0 Å². The summed E-state index contributed by atoms with van der Waals surface area (Å²) in [6.45, 7) is 2.11. The summed E-state index contributed by atoms with van der Waals surface area (Å²) in [5.74, 6) is 0.809. The van der Waals surface area contributed by atoms with Crippen LogP contribution in [0.25, 0.3) is 5.57 Å². The van der Waals surface area contributed by atoms with Gasteiger partial charge in [-0.05, 0) is 12.5 Å². The molecule has 0 saturated heterocycles. The molecule has 0 aromatic heterocycles. The molecule has 1 aliphatic heterocycles. The maximum atomic E-state index is 5.99. The first kappa shape index (κ1) is 9.09. The van der Waals surface area contributed by atoms with Crippen molar-refractivity contribution in [3.05, 3.63) is 41.7 Å². The molecule has 1 aliphatic rings. The fourth-order valence-electron chi connectivity index (χ4n) is 1.84. The molecule has 1 unspecified atom stereocenters. The molecular weight excluding hydrogens is 174 g/mol. The number of rotatable bonds is 1. The van der Waals surface area contributed by atoms with Crippen molar-refractivity contribution in [1.29, 1.82) is 0 Å². The summed E-state index contributed by atoms with van der Waals surface area (Å²) in [5.41, 5.74) is 11.6. The van der Waals surface area contributed by atoms with Crippen LogP contribution in [0.3, 0.4) is 0 Å². The predicted molar refractivity (Wildman–Crippen MR) is 57.9 cm³/mol. The lowest BCUT2D eigenvalue weighted by molar-refractivity contribution is 0.313. The molecule has 0 radical (unpaired) electrons. The van der Waals surface area contributed by atoms with Crippen LogP contribution in [0.4, 0.5) is 0 Å². The molecule has 0 bridgehead atoms. The van der Waals surface area contributed by atoms with Gasteiger partial charge in [0.05, 0.1) is 6.04 Å². The molecule has 3 heteroatoms. The quantitative estimate of drug-likeness (QED) is 0.696. The monoisotopic (exact) mass is 189 g/mol. The Morgan fingerprint density at radius 3 is 2.43 bits per heavy atom. The van der Waals surface area contributed by atoms with Crippen LogP contribution in [-0.4, -0.2) is 18.1 Å². The molecule has 1 atom stereocenters. The topological polar surface area (TPSA) is 41.3 Å². The Hall–Kier alpha value is -1.48. The molecule has 1 aromatic carbocycles. The zero-order valence-electron chi connectivity index (χ0n) is 8.49. The van der Waals surface area contributed by atoms with E-state index in [4.69, 9.17) is 5.73 Å². The van der Waals surface area contributed by atoms with Crippen molar-refractivity contribution in [1.82, 2.24) is 10.4 Å². The Bertz CT molecular complexity index is 356. The molecule has 0 fully saturated rings. The normalized spacial score (nSPS) is 21.9. The van der Waals surface area contributed by atoms with E-state index in [1.807, 2.05) is 30.3 Å². The van der Waals surface area contributed by atoms with Gasteiger partial charge in [0.15, 0.2) is 0 Å². The summed E-state index contributed by atoms with van der Waals surface area (Å²) in [6.07, 6.45) is 0. The highest BCUT2D eigenvalue weighted by Crippen LogP contribution is 2.25. The summed E-state index contributed by atoms with van der Waals surface area (Å²) in [4.78, 5) is 0. The van der Waals surface area contributed by atoms with Gasteiger partial charge >= 0.3 is 0 Å². The van der Waals surface area contributed by atoms with Crippen LogP contribution in [0, 0.1) is 0 Å². The van der Waals surface area contributed by atoms with Crippen LogP contribution in [-0.2, 0) is 0 Å². The highest BCUT2D eigenvalue weighted by Gasteiger charge is 2.24. The third-order valence-corrected chi connectivity index (χ3v) is 2.54. The lowest BCUT2D eigenvalue weighted by atomic mass is 10.0. The molecule has 0 saturated carbocycles. The minimum atomic E-state index is 0.280. The standard InChI is InChI=1S/C11H15N3/c1-8-10(11(12)14(2)13-8)9-6-4-3-5-7-9/h3-8,13H,12H2,1-2H3. The first-order valence-corrected chi connectivity index (χ1v) is 4.75. The summed E-state index contributed by atoms with van der Waals surface area (Å²) >= 11 is 0. The average molecular weight is 189 g/mol. The van der Waals surface area contributed by atoms with E-state index in [1.54, 1.807) is 0 Å². The maximum Gasteiger partial charge on any atom is 0.118 e. The Balaban J connectivity index is 2.44. The van der Waals surface area contributed by atoms with Crippen LogP contribution >= 0.6 is 0 Å². The van der Waals surface area contributed by atoms with Gasteiger partial charge in [-0.15, -0.1) is 0 Å². The van der Waals surface area contributed by atoms with E-state index in [1.165, 1.54) is 11.1 Å². The third kappa shape index (κ3) is 1.36. The minimum Gasteiger partial charge on any atom is -0.384 e. The Labute approximate surface area is 84.2 Å². The molecule has 1 heterocycles. The molecule has 3 N–H and O–H groups in total. The van der Waals surface area contributed by atoms with Gasteiger partial charge in [0, 0.05) is 12.6 Å². The summed E-state index contributed by atoms with van der Waals surface area (Å²) in [5, 5.41) is 1.87. The largest absolute Gasteiger partial charge is 0.384 e. The van der Waals surface area contributed by atoms with Crippen molar-refractivity contribution >= 4 is 5.57 Å². The molecule has 0 spiro atoms. The highest BCUT2D eigenvalue weighted by atomic mass is 15.5. The van der Waals surface area contributed by atoms with Gasteiger partial charge in [0.2, 0.25) is 0 Å². The molecule has 0 aliphatic carbocycles. The van der Waals surface area contributed by atoms with Crippen molar-refractivity contribution in [2.24, 2.45) is 5.73 Å². The zero-order valence-corrected chi connectivity index (χ0v) is 8.49. The molecule has 2 rings (SSSR count). The van der Waals surface area contributed by atoms with Gasteiger partial charge in [-0.3, -0.25) is 5.01 Å². The zero-order chi connectivity index (χ0) is 10.1. The fourth-order valence-corrected chi connectivity index (χ4v) is 1.84. The minimum absolute atomic E-state index is 0.280. The lowest BCUT2D eigenvalue weighted by Crippen LogP contribution is -2.34. The van der Waals surface area contributed by atoms with E-state index in [9.17, 15) is 0 Å². The number of nitrogens with one attached hydrogen (secondary N) is 1. The van der Waals surface area contributed by atoms with Crippen molar-refractivity contribution in [3.63, 3.8) is 0 Å². The van der Waals surface area contributed by atoms with E-state index in [-0.39, 0.29) is 6.04 Å². The number of hydrogen-bond donors (Lipinski definition) is 2. The Morgan fingerprint density at radius 2 is 1.93 bits per heavy atom. The first-order valence-electron chi connectivity index (χ1n) is 4.75. The second kappa shape index (κ2) is 3.35. The highest BCUT2D eigenvalue weighted by molar-refractivity contribution is 5.72. The van der Waals surface area contributed by atoms with E-state index in [0.29, 0.717) is 0 Å². The van der Waals surface area contributed by atoms with Gasteiger partial charge in [0.25, 0.3) is 0 Å². The maximum absolute atomic E-state index is 5.99. The van der Waals surface area contributed by atoms with E-state index < -0.39 is 0 Å². The number of nitrogens with two attached hydrogens (primary N) is 1. The van der Waals surface area contributed by atoms with E-state index in [2.05, 4.69) is 24.5 Å². The number of hydrazine groups is 1. The van der Waals surface area contributed by atoms with Crippen LogP contribution in [0.2, 0.25) is 0 Å². The van der Waals surface area contributed by atoms with Crippen LogP contribution in [0.15, 0.2) is 36.2 Å². The summed E-state index contributed by atoms with van der Waals surface area (Å²) in [6, 6.07) is 10.5. The van der Waals surface area contributed by atoms with Crippen LogP contribution in [0.5, 0.6) is 0 Å². The molecule has 1 aromatic rings. The summed E-state index contributed by atoms with van der Waals surface area (Å²) in [7, 11) is 1.93. The van der Waals surface area contributed by atoms with Gasteiger partial charge in [0.1, 0.15) is 5.82 Å². The first-order chi connectivity index (χ1) is 6.70. The van der Waals surface area contributed by atoms with Crippen molar-refractivity contribution in [2.75, 3.05) is 7.05 Å². The number of benzene rings is 1. The van der Waals surface area contributed by atoms with Gasteiger partial charge in [-0.1, -0.05) is 30.3 Å². The molecule has 0 amide bonds. The molecular formula is C11H15N3. The van der Waals surface area contributed by atoms with E-state index in [0.717, 1.165) is 5.82 Å². The molecule has 14 heavy (non-hydrogen) atoms. The predicted octanol–water partition coefficient (Wildman–Crippen LogP) is 1.15. The molecule has 3 nitrogen and oxygen atoms in total.